The van der Waals surface area contributed by atoms with Crippen molar-refractivity contribution in [2.24, 2.45) is 11.8 Å². The van der Waals surface area contributed by atoms with Gasteiger partial charge in [0, 0.05) is 30.4 Å². The van der Waals surface area contributed by atoms with Gasteiger partial charge in [-0.1, -0.05) is 56.3 Å². The summed E-state index contributed by atoms with van der Waals surface area (Å²) in [5.41, 5.74) is 2.15. The van der Waals surface area contributed by atoms with Crippen LogP contribution >= 0.6 is 0 Å². The molecule has 1 aliphatic heterocycles. The Bertz CT molecular complexity index is 1420. The predicted molar refractivity (Wildman–Crippen MR) is 147 cm³/mol. The number of nitrogens with one attached hydrogen (secondary N) is 1. The van der Waals surface area contributed by atoms with E-state index in [0.717, 1.165) is 37.2 Å². The van der Waals surface area contributed by atoms with Gasteiger partial charge in [-0.2, -0.15) is 13.2 Å². The SMILES string of the molecule is CC1CC(C)CN(c2cc(-c3ccnc(N[C@@H](C)c4ccccc4)n3)c(-c3cccc(C(F)(F)F)c3)nn2)C1. The molecule has 0 saturated carbocycles. The summed E-state index contributed by atoms with van der Waals surface area (Å²) in [5.74, 6) is 2.09. The third-order valence-corrected chi connectivity index (χ3v) is 7.01. The van der Waals surface area contributed by atoms with Crippen molar-refractivity contribution in [2.45, 2.75) is 39.4 Å². The second kappa shape index (κ2) is 11.0. The van der Waals surface area contributed by atoms with Crippen molar-refractivity contribution in [3.8, 4) is 22.5 Å². The highest BCUT2D eigenvalue weighted by molar-refractivity contribution is 5.81. The number of hydrogen-bond donors (Lipinski definition) is 1. The molecule has 3 atom stereocenters. The van der Waals surface area contributed by atoms with Crippen molar-refractivity contribution in [1.29, 1.82) is 0 Å². The highest BCUT2D eigenvalue weighted by atomic mass is 19.4. The van der Waals surface area contributed by atoms with E-state index < -0.39 is 11.7 Å². The maximum atomic E-state index is 13.5. The van der Waals surface area contributed by atoms with E-state index in [2.05, 4.69) is 39.2 Å². The van der Waals surface area contributed by atoms with E-state index in [4.69, 9.17) is 4.98 Å². The van der Waals surface area contributed by atoms with E-state index in [1.165, 1.54) is 6.07 Å². The summed E-state index contributed by atoms with van der Waals surface area (Å²) in [5, 5.41) is 12.3. The number of benzene rings is 2. The van der Waals surface area contributed by atoms with E-state index in [0.29, 0.717) is 46.1 Å². The van der Waals surface area contributed by atoms with E-state index in [1.54, 1.807) is 18.3 Å². The Labute approximate surface area is 226 Å². The number of rotatable bonds is 6. The van der Waals surface area contributed by atoms with Crippen LogP contribution in [0.15, 0.2) is 72.9 Å². The van der Waals surface area contributed by atoms with E-state index >= 15 is 0 Å². The molecule has 1 fully saturated rings. The smallest absolute Gasteiger partial charge is 0.355 e. The zero-order valence-corrected chi connectivity index (χ0v) is 22.2. The fraction of sp³-hybridized carbons (Fsp3) is 0.333. The summed E-state index contributed by atoms with van der Waals surface area (Å²) in [7, 11) is 0. The molecule has 0 spiro atoms. The standard InChI is InChI=1S/C30H31F3N6/c1-19-14-20(2)18-39(17-19)27-16-25(28(38-37-27)23-10-7-11-24(15-23)30(31,32)33)26-12-13-34-29(36-26)35-21(3)22-8-5-4-6-9-22/h4-13,15-16,19-21H,14,17-18H2,1-3H3,(H,34,35,36)/t19?,20?,21-/m0/s1. The van der Waals surface area contributed by atoms with Gasteiger partial charge in [-0.15, -0.1) is 10.2 Å². The Morgan fingerprint density at radius 2 is 1.67 bits per heavy atom. The second-order valence-corrected chi connectivity index (χ2v) is 10.4. The topological polar surface area (TPSA) is 66.8 Å². The summed E-state index contributed by atoms with van der Waals surface area (Å²) in [6.07, 6.45) is -1.69. The highest BCUT2D eigenvalue weighted by Crippen LogP contribution is 2.36. The van der Waals surface area contributed by atoms with Crippen LogP contribution in [0.5, 0.6) is 0 Å². The molecule has 2 aromatic heterocycles. The first-order valence-electron chi connectivity index (χ1n) is 13.1. The van der Waals surface area contributed by atoms with Crippen LogP contribution in [0.2, 0.25) is 0 Å². The first-order chi connectivity index (χ1) is 18.7. The molecule has 5 rings (SSSR count). The van der Waals surface area contributed by atoms with Crippen molar-refractivity contribution in [3.05, 3.63) is 84.1 Å². The molecule has 3 heterocycles. The van der Waals surface area contributed by atoms with Crippen LogP contribution < -0.4 is 10.2 Å². The lowest BCUT2D eigenvalue weighted by Gasteiger charge is -2.35. The van der Waals surface area contributed by atoms with Gasteiger partial charge in [0.1, 0.15) is 5.69 Å². The lowest BCUT2D eigenvalue weighted by atomic mass is 9.92. The van der Waals surface area contributed by atoms with E-state index in [9.17, 15) is 13.2 Å². The molecular weight excluding hydrogens is 501 g/mol. The molecule has 0 radical (unpaired) electrons. The number of piperidine rings is 1. The molecule has 0 aliphatic carbocycles. The minimum atomic E-state index is -4.47. The molecule has 6 nitrogen and oxygen atoms in total. The van der Waals surface area contributed by atoms with Gasteiger partial charge in [0.15, 0.2) is 5.82 Å². The minimum absolute atomic E-state index is 0.0492. The fourth-order valence-electron chi connectivity index (χ4n) is 5.23. The Hall–Kier alpha value is -4.01. The molecule has 0 bridgehead atoms. The predicted octanol–water partition coefficient (Wildman–Crippen LogP) is 7.27. The number of halogens is 3. The summed E-state index contributed by atoms with van der Waals surface area (Å²) in [6.45, 7) is 8.12. The van der Waals surface area contributed by atoms with Gasteiger partial charge in [-0.25, -0.2) is 9.97 Å². The van der Waals surface area contributed by atoms with E-state index in [-0.39, 0.29) is 6.04 Å². The lowest BCUT2D eigenvalue weighted by Crippen LogP contribution is -2.39. The van der Waals surface area contributed by atoms with Gasteiger partial charge in [0.05, 0.1) is 17.3 Å². The van der Waals surface area contributed by atoms with Gasteiger partial charge in [0.25, 0.3) is 0 Å². The molecule has 2 unspecified atom stereocenters. The number of anilines is 2. The van der Waals surface area contributed by atoms with Crippen LogP contribution in [-0.2, 0) is 6.18 Å². The maximum Gasteiger partial charge on any atom is 0.416 e. The number of hydrogen-bond acceptors (Lipinski definition) is 6. The first-order valence-corrected chi connectivity index (χ1v) is 13.1. The number of nitrogens with zero attached hydrogens (tertiary/aromatic N) is 5. The third-order valence-electron chi connectivity index (χ3n) is 7.01. The van der Waals surface area contributed by atoms with Crippen LogP contribution in [0.3, 0.4) is 0 Å². The summed E-state index contributed by atoms with van der Waals surface area (Å²) < 4.78 is 40.6. The molecule has 1 N–H and O–H groups in total. The second-order valence-electron chi connectivity index (χ2n) is 10.4. The molecule has 202 valence electrons. The summed E-state index contributed by atoms with van der Waals surface area (Å²) in [4.78, 5) is 11.3. The van der Waals surface area contributed by atoms with Gasteiger partial charge in [0.2, 0.25) is 5.95 Å². The Kier molecular flexibility index (Phi) is 7.50. The van der Waals surface area contributed by atoms with Crippen molar-refractivity contribution in [2.75, 3.05) is 23.3 Å². The highest BCUT2D eigenvalue weighted by Gasteiger charge is 2.31. The van der Waals surface area contributed by atoms with Crippen LogP contribution in [-0.4, -0.2) is 33.3 Å². The quantitative estimate of drug-likeness (QED) is 0.282. The normalized spacial score (nSPS) is 18.6. The van der Waals surface area contributed by atoms with Gasteiger partial charge in [-0.3, -0.25) is 0 Å². The maximum absolute atomic E-state index is 13.5. The number of aromatic nitrogens is 4. The summed E-state index contributed by atoms with van der Waals surface area (Å²) >= 11 is 0. The molecule has 0 amide bonds. The van der Waals surface area contributed by atoms with Crippen molar-refractivity contribution in [3.63, 3.8) is 0 Å². The zero-order chi connectivity index (χ0) is 27.6. The molecule has 1 saturated heterocycles. The fourth-order valence-corrected chi connectivity index (χ4v) is 5.23. The third kappa shape index (κ3) is 6.19. The molecule has 2 aromatic carbocycles. The van der Waals surface area contributed by atoms with Crippen LogP contribution in [0.25, 0.3) is 22.5 Å². The summed E-state index contributed by atoms with van der Waals surface area (Å²) in [6, 6.07) is 18.7. The molecular formula is C30H31F3N6. The van der Waals surface area contributed by atoms with E-state index in [1.807, 2.05) is 43.3 Å². The average Bonchev–Trinajstić information content (AvgIpc) is 2.92. The molecule has 39 heavy (non-hydrogen) atoms. The zero-order valence-electron chi connectivity index (χ0n) is 22.2. The van der Waals surface area contributed by atoms with Crippen molar-refractivity contribution in [1.82, 2.24) is 20.2 Å². The van der Waals surface area contributed by atoms with Gasteiger partial charge < -0.3 is 10.2 Å². The monoisotopic (exact) mass is 532 g/mol. The Morgan fingerprint density at radius 1 is 0.923 bits per heavy atom. The number of alkyl halides is 3. The van der Waals surface area contributed by atoms with Crippen LogP contribution in [0, 0.1) is 11.8 Å². The Balaban J connectivity index is 1.57. The van der Waals surface area contributed by atoms with Gasteiger partial charge >= 0.3 is 6.18 Å². The first kappa shape index (κ1) is 26.6. The Morgan fingerprint density at radius 3 is 2.38 bits per heavy atom. The van der Waals surface area contributed by atoms with Crippen LogP contribution in [0.1, 0.15) is 44.4 Å². The molecule has 4 aromatic rings. The average molecular weight is 533 g/mol. The molecule has 1 aliphatic rings. The largest absolute Gasteiger partial charge is 0.416 e. The lowest BCUT2D eigenvalue weighted by molar-refractivity contribution is -0.137. The van der Waals surface area contributed by atoms with Crippen molar-refractivity contribution >= 4 is 11.8 Å². The van der Waals surface area contributed by atoms with Crippen molar-refractivity contribution < 1.29 is 13.2 Å². The van der Waals surface area contributed by atoms with Crippen LogP contribution in [0.4, 0.5) is 24.9 Å². The molecule has 9 heteroatoms. The minimum Gasteiger partial charge on any atom is -0.355 e. The van der Waals surface area contributed by atoms with Gasteiger partial charge in [-0.05, 0) is 55.0 Å².